The molecule has 2 N–H and O–H groups in total. The minimum atomic E-state index is -0.794. The van der Waals surface area contributed by atoms with Gasteiger partial charge in [0.25, 0.3) is 5.91 Å². The fourth-order valence-electron chi connectivity index (χ4n) is 1.68. The molecule has 100 valence electrons. The minimum absolute atomic E-state index is 0.522. The molecule has 0 aliphatic heterocycles. The van der Waals surface area contributed by atoms with Crippen LogP contribution in [0.1, 0.15) is 12.6 Å². The van der Waals surface area contributed by atoms with Crippen LogP contribution in [0, 0.1) is 6.92 Å². The minimum Gasteiger partial charge on any atom is -0.480 e. The summed E-state index contributed by atoms with van der Waals surface area (Å²) in [5.74, 6) is -0.0803. The van der Waals surface area contributed by atoms with Gasteiger partial charge in [-0.2, -0.15) is 0 Å². The van der Waals surface area contributed by atoms with Crippen molar-refractivity contribution in [1.82, 2.24) is 10.5 Å². The first kappa shape index (κ1) is 13.8. The predicted molar refractivity (Wildman–Crippen MR) is 74.2 cm³/mol. The number of rotatable bonds is 3. The number of carbonyl (C=O) groups is 1. The zero-order valence-electron chi connectivity index (χ0n) is 10.5. The van der Waals surface area contributed by atoms with E-state index in [-0.39, 0.29) is 0 Å². The number of fused-ring (bicyclic) bond motifs is 1. The van der Waals surface area contributed by atoms with Crippen molar-refractivity contribution < 1.29 is 14.7 Å². The predicted octanol–water partition coefficient (Wildman–Crippen LogP) is 2.58. The molecule has 1 atom stereocenters. The molecule has 1 heterocycles. The molecule has 19 heavy (non-hydrogen) atoms. The number of aromatic nitrogens is 1. The lowest BCUT2D eigenvalue weighted by Crippen LogP contribution is -2.34. The van der Waals surface area contributed by atoms with Crippen LogP contribution in [0.4, 0.5) is 0 Å². The first-order valence-electron chi connectivity index (χ1n) is 5.69. The van der Waals surface area contributed by atoms with Gasteiger partial charge in [-0.05, 0) is 54.0 Å². The Labute approximate surface area is 118 Å². The van der Waals surface area contributed by atoms with Gasteiger partial charge in [0.2, 0.25) is 0 Å². The van der Waals surface area contributed by atoms with E-state index in [1.165, 1.54) is 0 Å². The summed E-state index contributed by atoms with van der Waals surface area (Å²) < 4.78 is 6.22. The average molecular weight is 325 g/mol. The van der Waals surface area contributed by atoms with E-state index in [1.54, 1.807) is 18.5 Å². The summed E-state index contributed by atoms with van der Waals surface area (Å²) in [6.07, 6.45) is -0.794. The number of hydrogen-bond acceptors (Lipinski definition) is 4. The van der Waals surface area contributed by atoms with Crippen molar-refractivity contribution in [3.8, 4) is 5.75 Å². The zero-order chi connectivity index (χ0) is 14.0. The second kappa shape index (κ2) is 5.54. The Hall–Kier alpha value is -1.66. The molecule has 1 aromatic carbocycles. The van der Waals surface area contributed by atoms with E-state index < -0.39 is 12.0 Å². The second-order valence-electron chi connectivity index (χ2n) is 4.13. The lowest BCUT2D eigenvalue weighted by Gasteiger charge is -2.15. The molecule has 0 radical (unpaired) electrons. The third kappa shape index (κ3) is 2.85. The Balaban J connectivity index is 2.38. The van der Waals surface area contributed by atoms with E-state index in [9.17, 15) is 4.79 Å². The SMILES string of the molecule is Cc1ccc2c(Br)c(OC(C)C(=O)NO)ccc2n1. The van der Waals surface area contributed by atoms with Gasteiger partial charge in [0.1, 0.15) is 5.75 Å². The molecule has 2 rings (SSSR count). The van der Waals surface area contributed by atoms with Gasteiger partial charge in [-0.3, -0.25) is 15.0 Å². The quantitative estimate of drug-likeness (QED) is 0.672. The average Bonchev–Trinajstić information content (AvgIpc) is 2.40. The first-order chi connectivity index (χ1) is 9.02. The maximum absolute atomic E-state index is 11.2. The maximum atomic E-state index is 11.2. The summed E-state index contributed by atoms with van der Waals surface area (Å²) in [6, 6.07) is 7.40. The highest BCUT2D eigenvalue weighted by Crippen LogP contribution is 2.33. The molecule has 0 bridgehead atoms. The Kier molecular flexibility index (Phi) is 4.01. The maximum Gasteiger partial charge on any atom is 0.284 e. The summed E-state index contributed by atoms with van der Waals surface area (Å²) in [6.45, 7) is 3.47. The highest BCUT2D eigenvalue weighted by atomic mass is 79.9. The Morgan fingerprint density at radius 1 is 1.42 bits per heavy atom. The largest absolute Gasteiger partial charge is 0.480 e. The van der Waals surface area contributed by atoms with E-state index in [0.717, 1.165) is 21.1 Å². The van der Waals surface area contributed by atoms with Crippen molar-refractivity contribution in [3.63, 3.8) is 0 Å². The summed E-state index contributed by atoms with van der Waals surface area (Å²) in [4.78, 5) is 15.6. The van der Waals surface area contributed by atoms with Crippen molar-refractivity contribution in [3.05, 3.63) is 34.4 Å². The molecule has 0 fully saturated rings. The van der Waals surface area contributed by atoms with Crippen LogP contribution in [0.25, 0.3) is 10.9 Å². The number of carbonyl (C=O) groups excluding carboxylic acids is 1. The molecule has 0 saturated heterocycles. The number of hydrogen-bond donors (Lipinski definition) is 2. The van der Waals surface area contributed by atoms with E-state index in [1.807, 2.05) is 25.1 Å². The van der Waals surface area contributed by atoms with Crippen LogP contribution in [0.3, 0.4) is 0 Å². The number of hydroxylamine groups is 1. The summed E-state index contributed by atoms with van der Waals surface area (Å²) in [5.41, 5.74) is 3.33. The van der Waals surface area contributed by atoms with Gasteiger partial charge in [0, 0.05) is 11.1 Å². The van der Waals surface area contributed by atoms with E-state index in [2.05, 4.69) is 20.9 Å². The van der Waals surface area contributed by atoms with Crippen LogP contribution >= 0.6 is 15.9 Å². The molecule has 1 unspecified atom stereocenters. The van der Waals surface area contributed by atoms with Crippen molar-refractivity contribution in [2.75, 3.05) is 0 Å². The zero-order valence-corrected chi connectivity index (χ0v) is 12.1. The molecular weight excluding hydrogens is 312 g/mol. The topological polar surface area (TPSA) is 71.5 Å². The highest BCUT2D eigenvalue weighted by molar-refractivity contribution is 9.10. The van der Waals surface area contributed by atoms with Gasteiger partial charge in [-0.25, -0.2) is 5.48 Å². The van der Waals surface area contributed by atoms with Crippen molar-refractivity contribution in [1.29, 1.82) is 0 Å². The van der Waals surface area contributed by atoms with E-state index >= 15 is 0 Å². The smallest absolute Gasteiger partial charge is 0.284 e. The van der Waals surface area contributed by atoms with Crippen LogP contribution in [0.15, 0.2) is 28.7 Å². The Bertz CT molecular complexity index is 631. The number of pyridine rings is 1. The van der Waals surface area contributed by atoms with Crippen LogP contribution in [0.5, 0.6) is 5.75 Å². The number of ether oxygens (including phenoxy) is 1. The van der Waals surface area contributed by atoms with Crippen LogP contribution in [-0.2, 0) is 4.79 Å². The van der Waals surface area contributed by atoms with Crippen molar-refractivity contribution in [2.24, 2.45) is 0 Å². The number of nitrogens with one attached hydrogen (secondary N) is 1. The molecule has 0 aliphatic carbocycles. The monoisotopic (exact) mass is 324 g/mol. The van der Waals surface area contributed by atoms with Crippen molar-refractivity contribution >= 4 is 32.7 Å². The molecule has 0 saturated carbocycles. The fraction of sp³-hybridized carbons (Fsp3) is 0.231. The number of aryl methyl sites for hydroxylation is 1. The van der Waals surface area contributed by atoms with E-state index in [0.29, 0.717) is 5.75 Å². The van der Waals surface area contributed by atoms with Gasteiger partial charge >= 0.3 is 0 Å². The standard InChI is InChI=1S/C13H13BrN2O3/c1-7-3-4-9-10(15-7)5-6-11(12(9)14)19-8(2)13(17)16-18/h3-6,8,18H,1-2H3,(H,16,17). The molecule has 1 aromatic heterocycles. The first-order valence-corrected chi connectivity index (χ1v) is 6.48. The molecular formula is C13H13BrN2O3. The van der Waals surface area contributed by atoms with Crippen LogP contribution < -0.4 is 10.2 Å². The molecule has 0 aliphatic rings. The normalized spacial score (nSPS) is 12.2. The molecule has 0 spiro atoms. The molecule has 1 amide bonds. The Morgan fingerprint density at radius 2 is 2.16 bits per heavy atom. The summed E-state index contributed by atoms with van der Waals surface area (Å²) in [7, 11) is 0. The van der Waals surface area contributed by atoms with E-state index in [4.69, 9.17) is 9.94 Å². The summed E-state index contributed by atoms with van der Waals surface area (Å²) >= 11 is 3.45. The highest BCUT2D eigenvalue weighted by Gasteiger charge is 2.16. The van der Waals surface area contributed by atoms with Crippen LogP contribution in [0.2, 0.25) is 0 Å². The number of halogens is 1. The molecule has 5 nitrogen and oxygen atoms in total. The third-order valence-corrected chi connectivity index (χ3v) is 3.51. The third-order valence-electron chi connectivity index (χ3n) is 2.69. The fourth-order valence-corrected chi connectivity index (χ4v) is 2.24. The second-order valence-corrected chi connectivity index (χ2v) is 4.93. The summed E-state index contributed by atoms with van der Waals surface area (Å²) in [5, 5.41) is 9.46. The number of amides is 1. The number of benzene rings is 1. The van der Waals surface area contributed by atoms with Gasteiger partial charge in [-0.1, -0.05) is 0 Å². The molecule has 6 heteroatoms. The van der Waals surface area contributed by atoms with Crippen LogP contribution in [-0.4, -0.2) is 22.2 Å². The van der Waals surface area contributed by atoms with Crippen molar-refractivity contribution in [2.45, 2.75) is 20.0 Å². The Morgan fingerprint density at radius 3 is 2.84 bits per heavy atom. The number of nitrogens with zero attached hydrogens (tertiary/aromatic N) is 1. The van der Waals surface area contributed by atoms with Gasteiger partial charge in [0.05, 0.1) is 9.99 Å². The van der Waals surface area contributed by atoms with Gasteiger partial charge in [0.15, 0.2) is 6.10 Å². The lowest BCUT2D eigenvalue weighted by molar-refractivity contribution is -0.135. The van der Waals surface area contributed by atoms with Gasteiger partial charge < -0.3 is 4.74 Å². The molecule has 2 aromatic rings. The lowest BCUT2D eigenvalue weighted by atomic mass is 10.2. The van der Waals surface area contributed by atoms with Gasteiger partial charge in [-0.15, -0.1) is 0 Å².